The van der Waals surface area contributed by atoms with Crippen molar-refractivity contribution >= 4 is 24.0 Å². The first-order valence-electron chi connectivity index (χ1n) is 10.1. The van der Waals surface area contributed by atoms with E-state index in [0.29, 0.717) is 29.9 Å². The number of ether oxygens (including phenoxy) is 1. The first kappa shape index (κ1) is 27.3. The predicted molar refractivity (Wildman–Crippen MR) is 131 cm³/mol. The van der Waals surface area contributed by atoms with Crippen LogP contribution in [0.3, 0.4) is 0 Å². The monoisotopic (exact) mass is 510 g/mol. The van der Waals surface area contributed by atoms with Crippen LogP contribution in [-0.4, -0.2) is 17.9 Å². The van der Waals surface area contributed by atoms with E-state index in [2.05, 4.69) is 26.9 Å². The second kappa shape index (κ2) is 11.5. The minimum Gasteiger partial charge on any atom is -0.406 e. The topological polar surface area (TPSA) is 54.1 Å². The molecule has 3 rings (SSSR count). The molecule has 34 heavy (non-hydrogen) atoms. The molecular formula is C25H23Cl2F3N2O2. The Morgan fingerprint density at radius 3 is 2.35 bits per heavy atom. The van der Waals surface area contributed by atoms with E-state index in [0.717, 1.165) is 22.4 Å². The van der Waals surface area contributed by atoms with Crippen LogP contribution < -0.4 is 15.5 Å². The van der Waals surface area contributed by atoms with Crippen LogP contribution in [0.25, 0.3) is 11.1 Å². The van der Waals surface area contributed by atoms with Gasteiger partial charge in [-0.25, -0.2) is 0 Å². The van der Waals surface area contributed by atoms with Crippen molar-refractivity contribution in [3.8, 4) is 28.7 Å². The van der Waals surface area contributed by atoms with Crippen molar-refractivity contribution in [2.75, 3.05) is 6.54 Å². The van der Waals surface area contributed by atoms with Gasteiger partial charge in [-0.3, -0.25) is 4.79 Å². The molecule has 0 radical (unpaired) electrons. The van der Waals surface area contributed by atoms with E-state index in [4.69, 9.17) is 11.6 Å². The Hall–Kier alpha value is -2.92. The zero-order valence-corrected chi connectivity index (χ0v) is 20.3. The van der Waals surface area contributed by atoms with Crippen molar-refractivity contribution in [2.24, 2.45) is 0 Å². The number of aromatic nitrogens is 1. The third-order valence-corrected chi connectivity index (χ3v) is 5.44. The van der Waals surface area contributed by atoms with Crippen LogP contribution in [0.4, 0.5) is 13.2 Å². The molecule has 0 atom stereocenters. The van der Waals surface area contributed by atoms with Crippen LogP contribution >= 0.6 is 24.0 Å². The van der Waals surface area contributed by atoms with Crippen LogP contribution in [0, 0.1) is 32.6 Å². The maximum absolute atomic E-state index is 12.5. The van der Waals surface area contributed by atoms with Gasteiger partial charge < -0.3 is 15.0 Å². The fourth-order valence-electron chi connectivity index (χ4n) is 3.39. The maximum atomic E-state index is 12.5. The van der Waals surface area contributed by atoms with Gasteiger partial charge in [-0.2, -0.15) is 0 Å². The molecule has 0 unspecified atom stereocenters. The van der Waals surface area contributed by atoms with Gasteiger partial charge in [-0.1, -0.05) is 41.6 Å². The molecule has 0 aliphatic carbocycles. The van der Waals surface area contributed by atoms with Crippen LogP contribution in [0.5, 0.6) is 5.75 Å². The Labute approximate surface area is 206 Å². The van der Waals surface area contributed by atoms with Gasteiger partial charge in [0, 0.05) is 29.1 Å². The molecule has 0 bridgehead atoms. The molecule has 4 nitrogen and oxygen atoms in total. The molecule has 0 spiro atoms. The average Bonchev–Trinajstić information content (AvgIpc) is 2.73. The summed E-state index contributed by atoms with van der Waals surface area (Å²) in [5.41, 5.74) is 4.81. The van der Waals surface area contributed by atoms with E-state index >= 15 is 0 Å². The smallest absolute Gasteiger partial charge is 0.406 e. The Morgan fingerprint density at radius 2 is 1.74 bits per heavy atom. The van der Waals surface area contributed by atoms with Crippen molar-refractivity contribution in [3.63, 3.8) is 0 Å². The summed E-state index contributed by atoms with van der Waals surface area (Å²) in [7, 11) is 0. The minimum atomic E-state index is -4.71. The lowest BCUT2D eigenvalue weighted by molar-refractivity contribution is -0.274. The highest BCUT2D eigenvalue weighted by molar-refractivity contribution is 6.31. The van der Waals surface area contributed by atoms with E-state index in [9.17, 15) is 18.0 Å². The zero-order chi connectivity index (χ0) is 24.2. The highest BCUT2D eigenvalue weighted by atomic mass is 35.5. The summed E-state index contributed by atoms with van der Waals surface area (Å²) >= 11 is 6.10. The lowest BCUT2D eigenvalue weighted by Gasteiger charge is -2.11. The fourth-order valence-corrected chi connectivity index (χ4v) is 3.53. The second-order valence-electron chi connectivity index (χ2n) is 7.51. The number of alkyl halides is 3. The number of nitrogens with one attached hydrogen (secondary N) is 2. The summed E-state index contributed by atoms with van der Waals surface area (Å²) in [6.07, 6.45) is -4.71. The van der Waals surface area contributed by atoms with E-state index < -0.39 is 6.36 Å². The normalized spacial score (nSPS) is 10.8. The van der Waals surface area contributed by atoms with Gasteiger partial charge in [0.25, 0.3) is 0 Å². The summed E-state index contributed by atoms with van der Waals surface area (Å²) in [6, 6.07) is 11.6. The second-order valence-corrected chi connectivity index (χ2v) is 7.89. The van der Waals surface area contributed by atoms with Crippen molar-refractivity contribution < 1.29 is 17.9 Å². The third-order valence-electron chi connectivity index (χ3n) is 4.99. The molecule has 2 N–H and O–H groups in total. The predicted octanol–water partition coefficient (Wildman–Crippen LogP) is 6.08. The van der Waals surface area contributed by atoms with E-state index in [1.165, 1.54) is 12.1 Å². The Balaban J connectivity index is 0.00000408. The molecule has 0 aliphatic heterocycles. The van der Waals surface area contributed by atoms with Gasteiger partial charge in [-0.15, -0.1) is 25.6 Å². The molecule has 0 saturated carbocycles. The van der Waals surface area contributed by atoms with Crippen LogP contribution in [0.2, 0.25) is 5.02 Å². The lowest BCUT2D eigenvalue weighted by atomic mass is 10.0. The summed E-state index contributed by atoms with van der Waals surface area (Å²) in [6.45, 7) is 6.17. The van der Waals surface area contributed by atoms with E-state index in [1.54, 1.807) is 19.9 Å². The van der Waals surface area contributed by atoms with Crippen LogP contribution in [-0.2, 0) is 6.54 Å². The summed E-state index contributed by atoms with van der Waals surface area (Å²) in [5.74, 6) is 5.81. The molecule has 2 aromatic carbocycles. The first-order valence-corrected chi connectivity index (χ1v) is 10.5. The Morgan fingerprint density at radius 1 is 1.06 bits per heavy atom. The summed E-state index contributed by atoms with van der Waals surface area (Å²) in [5, 5.41) is 3.33. The molecular weight excluding hydrogens is 488 g/mol. The standard InChI is InChI=1S/C25H22ClF3N2O2.ClH/c1-15-13-21(33-25(27,28)29)11-10-20(15)14-30-12-4-5-18-6-8-19(9-7-18)22-16(2)31-17(3)23(26)24(22)32;/h6-11,13,30H,12,14H2,1-3H3,(H,31,32);1H. The number of H-pyrrole nitrogens is 1. The van der Waals surface area contributed by atoms with E-state index in [1.807, 2.05) is 31.2 Å². The molecule has 3 aromatic rings. The lowest BCUT2D eigenvalue weighted by Crippen LogP contribution is -2.18. The van der Waals surface area contributed by atoms with Crippen molar-refractivity contribution in [3.05, 3.63) is 85.8 Å². The molecule has 1 aromatic heterocycles. The number of hydrogen-bond acceptors (Lipinski definition) is 3. The fraction of sp³-hybridized carbons (Fsp3) is 0.240. The molecule has 180 valence electrons. The number of aromatic amines is 1. The SMILES string of the molecule is Cc1cc(OC(F)(F)F)ccc1CNCC#Cc1ccc(-c2c(C)[nH]c(C)c(Cl)c2=O)cc1.Cl. The molecule has 0 fully saturated rings. The number of aryl methyl sites for hydroxylation is 3. The minimum absolute atomic E-state index is 0. The number of hydrogen-bond donors (Lipinski definition) is 2. The maximum Gasteiger partial charge on any atom is 0.573 e. The number of benzene rings is 2. The summed E-state index contributed by atoms with van der Waals surface area (Å²) < 4.78 is 40.8. The van der Waals surface area contributed by atoms with Crippen molar-refractivity contribution in [1.29, 1.82) is 0 Å². The van der Waals surface area contributed by atoms with Crippen LogP contribution in [0.1, 0.15) is 28.1 Å². The number of pyridine rings is 1. The van der Waals surface area contributed by atoms with Crippen molar-refractivity contribution in [1.82, 2.24) is 10.3 Å². The van der Waals surface area contributed by atoms with Gasteiger partial charge in [0.2, 0.25) is 5.43 Å². The Kier molecular flexibility index (Phi) is 9.22. The molecule has 9 heteroatoms. The van der Waals surface area contributed by atoms with Gasteiger partial charge in [0.05, 0.1) is 6.54 Å². The van der Waals surface area contributed by atoms with E-state index in [-0.39, 0.29) is 28.6 Å². The van der Waals surface area contributed by atoms with Gasteiger partial charge in [-0.05, 0) is 61.7 Å². The number of rotatable bonds is 5. The molecule has 0 saturated heterocycles. The highest BCUT2D eigenvalue weighted by Crippen LogP contribution is 2.25. The number of halogens is 5. The van der Waals surface area contributed by atoms with Crippen molar-refractivity contribution in [2.45, 2.75) is 33.7 Å². The average molecular weight is 511 g/mol. The largest absolute Gasteiger partial charge is 0.573 e. The third kappa shape index (κ3) is 7.04. The first-order chi connectivity index (χ1) is 15.5. The highest BCUT2D eigenvalue weighted by Gasteiger charge is 2.31. The zero-order valence-electron chi connectivity index (χ0n) is 18.7. The summed E-state index contributed by atoms with van der Waals surface area (Å²) in [4.78, 5) is 15.6. The Bertz CT molecular complexity index is 1270. The quantitative estimate of drug-likeness (QED) is 0.323. The molecule has 1 heterocycles. The van der Waals surface area contributed by atoms with Crippen LogP contribution in [0.15, 0.2) is 47.3 Å². The van der Waals surface area contributed by atoms with Gasteiger partial charge >= 0.3 is 6.36 Å². The molecule has 0 aliphatic rings. The molecule has 0 amide bonds. The van der Waals surface area contributed by atoms with Gasteiger partial charge in [0.1, 0.15) is 10.8 Å². The van der Waals surface area contributed by atoms with Gasteiger partial charge in [0.15, 0.2) is 0 Å².